The van der Waals surface area contributed by atoms with Crippen molar-refractivity contribution >= 4 is 41.3 Å². The first-order chi connectivity index (χ1) is 12.4. The summed E-state index contributed by atoms with van der Waals surface area (Å²) >= 11 is 1.64. The molecule has 150 valence electrons. The standard InChI is InChI=1S/C20H30N4OS.HI/c1-15(25-6)18-23-17(13-26-18)12-24(5)19(21-4)22-14-20(2,3)16-10-8-7-9-11-16;/h7-11,13,15H,12,14H2,1-6H3,(H,21,22);1H. The van der Waals surface area contributed by atoms with Gasteiger partial charge in [0.05, 0.1) is 12.2 Å². The molecule has 27 heavy (non-hydrogen) atoms. The fourth-order valence-electron chi connectivity index (χ4n) is 2.68. The number of hydrogen-bond acceptors (Lipinski definition) is 4. The Bertz CT molecular complexity index is 718. The number of thiazole rings is 1. The average Bonchev–Trinajstić information content (AvgIpc) is 3.10. The maximum absolute atomic E-state index is 5.34. The highest BCUT2D eigenvalue weighted by Gasteiger charge is 2.21. The first kappa shape index (κ1) is 23.8. The van der Waals surface area contributed by atoms with E-state index in [9.17, 15) is 0 Å². The van der Waals surface area contributed by atoms with Gasteiger partial charge < -0.3 is 15.0 Å². The smallest absolute Gasteiger partial charge is 0.193 e. The summed E-state index contributed by atoms with van der Waals surface area (Å²) in [6, 6.07) is 10.5. The molecule has 5 nitrogen and oxygen atoms in total. The zero-order valence-corrected chi connectivity index (χ0v) is 20.2. The maximum Gasteiger partial charge on any atom is 0.193 e. The number of nitrogens with zero attached hydrogens (tertiary/aromatic N) is 3. The lowest BCUT2D eigenvalue weighted by molar-refractivity contribution is 0.119. The molecule has 2 aromatic rings. The van der Waals surface area contributed by atoms with Crippen LogP contribution in [0.3, 0.4) is 0 Å². The summed E-state index contributed by atoms with van der Waals surface area (Å²) < 4.78 is 5.34. The minimum atomic E-state index is 0. The Kier molecular flexibility index (Phi) is 9.69. The summed E-state index contributed by atoms with van der Waals surface area (Å²) in [7, 11) is 5.55. The van der Waals surface area contributed by atoms with E-state index >= 15 is 0 Å². The van der Waals surface area contributed by atoms with E-state index in [1.807, 2.05) is 27.1 Å². The van der Waals surface area contributed by atoms with Crippen LogP contribution in [0, 0.1) is 0 Å². The molecule has 0 aliphatic heterocycles. The minimum Gasteiger partial charge on any atom is -0.375 e. The van der Waals surface area contributed by atoms with E-state index in [2.05, 4.69) is 63.7 Å². The molecule has 1 unspecified atom stereocenters. The second kappa shape index (κ2) is 11.0. The molecule has 1 aromatic heterocycles. The Morgan fingerprint density at radius 1 is 1.33 bits per heavy atom. The van der Waals surface area contributed by atoms with Gasteiger partial charge >= 0.3 is 0 Å². The van der Waals surface area contributed by atoms with Gasteiger partial charge in [0.15, 0.2) is 5.96 Å². The van der Waals surface area contributed by atoms with Crippen molar-refractivity contribution in [3.63, 3.8) is 0 Å². The van der Waals surface area contributed by atoms with Gasteiger partial charge in [0.2, 0.25) is 0 Å². The summed E-state index contributed by atoms with van der Waals surface area (Å²) in [6.45, 7) is 8.00. The Balaban J connectivity index is 0.00000364. The fourth-order valence-corrected chi connectivity index (χ4v) is 3.52. The van der Waals surface area contributed by atoms with Crippen LogP contribution in [0.15, 0.2) is 40.7 Å². The number of ether oxygens (including phenoxy) is 1. The molecular formula is C20H31IN4OS. The molecule has 0 saturated carbocycles. The van der Waals surface area contributed by atoms with Gasteiger partial charge in [-0.25, -0.2) is 4.98 Å². The van der Waals surface area contributed by atoms with E-state index < -0.39 is 0 Å². The van der Waals surface area contributed by atoms with Crippen molar-refractivity contribution in [2.75, 3.05) is 27.7 Å². The van der Waals surface area contributed by atoms with Gasteiger partial charge in [0, 0.05) is 38.5 Å². The summed E-state index contributed by atoms with van der Waals surface area (Å²) in [5.74, 6) is 0.864. The van der Waals surface area contributed by atoms with Crippen molar-refractivity contribution in [3.8, 4) is 0 Å². The molecule has 0 radical (unpaired) electrons. The number of guanidine groups is 1. The lowest BCUT2D eigenvalue weighted by Crippen LogP contribution is -2.44. The molecule has 0 aliphatic rings. The first-order valence-electron chi connectivity index (χ1n) is 8.81. The van der Waals surface area contributed by atoms with Crippen molar-refractivity contribution in [2.24, 2.45) is 4.99 Å². The van der Waals surface area contributed by atoms with Gasteiger partial charge in [-0.1, -0.05) is 44.2 Å². The van der Waals surface area contributed by atoms with E-state index in [1.165, 1.54) is 5.56 Å². The van der Waals surface area contributed by atoms with Crippen LogP contribution in [0.25, 0.3) is 0 Å². The van der Waals surface area contributed by atoms with Gasteiger partial charge in [0.25, 0.3) is 0 Å². The second-order valence-corrected chi connectivity index (χ2v) is 7.95. The van der Waals surface area contributed by atoms with E-state index in [0.717, 1.165) is 23.2 Å². The molecule has 0 spiro atoms. The summed E-state index contributed by atoms with van der Waals surface area (Å²) in [4.78, 5) is 11.2. The molecule has 2 rings (SSSR count). The van der Waals surface area contributed by atoms with Crippen molar-refractivity contribution < 1.29 is 4.74 Å². The van der Waals surface area contributed by atoms with Gasteiger partial charge in [-0.2, -0.15) is 0 Å². The normalized spacial score (nSPS) is 13.0. The van der Waals surface area contributed by atoms with Crippen molar-refractivity contribution in [1.82, 2.24) is 15.2 Å². The number of hydrogen-bond donors (Lipinski definition) is 1. The molecule has 0 saturated heterocycles. The molecule has 1 aromatic carbocycles. The van der Waals surface area contributed by atoms with E-state index in [-0.39, 0.29) is 35.5 Å². The zero-order chi connectivity index (χ0) is 19.2. The molecule has 0 fully saturated rings. The topological polar surface area (TPSA) is 49.8 Å². The first-order valence-corrected chi connectivity index (χ1v) is 9.69. The number of aromatic nitrogens is 1. The minimum absolute atomic E-state index is 0. The third-order valence-electron chi connectivity index (χ3n) is 4.49. The highest BCUT2D eigenvalue weighted by molar-refractivity contribution is 14.0. The lowest BCUT2D eigenvalue weighted by Gasteiger charge is -2.29. The predicted molar refractivity (Wildman–Crippen MR) is 125 cm³/mol. The number of benzene rings is 1. The highest BCUT2D eigenvalue weighted by Crippen LogP contribution is 2.22. The Morgan fingerprint density at radius 3 is 2.59 bits per heavy atom. The van der Waals surface area contributed by atoms with Crippen molar-refractivity contribution in [3.05, 3.63) is 52.0 Å². The van der Waals surface area contributed by atoms with Gasteiger partial charge in [-0.05, 0) is 12.5 Å². The zero-order valence-electron chi connectivity index (χ0n) is 17.0. The van der Waals surface area contributed by atoms with Crippen molar-refractivity contribution in [2.45, 2.75) is 38.8 Å². The Labute approximate surface area is 184 Å². The molecule has 1 atom stereocenters. The quantitative estimate of drug-likeness (QED) is 0.345. The van der Waals surface area contributed by atoms with Gasteiger partial charge in [-0.15, -0.1) is 35.3 Å². The van der Waals surface area contributed by atoms with Crippen LogP contribution >= 0.6 is 35.3 Å². The van der Waals surface area contributed by atoms with Crippen LogP contribution < -0.4 is 5.32 Å². The van der Waals surface area contributed by atoms with Crippen LogP contribution in [0.1, 0.15) is 43.1 Å². The SMILES string of the molecule is CN=C(NCC(C)(C)c1ccccc1)N(C)Cc1csc(C(C)OC)n1.I. The second-order valence-electron chi connectivity index (χ2n) is 7.06. The Hall–Kier alpha value is -1.19. The number of methoxy groups -OCH3 is 1. The van der Waals surface area contributed by atoms with E-state index in [0.29, 0.717) is 6.54 Å². The van der Waals surface area contributed by atoms with Crippen LogP contribution in [0.2, 0.25) is 0 Å². The molecule has 0 aliphatic carbocycles. The number of halogens is 1. The highest BCUT2D eigenvalue weighted by atomic mass is 127. The average molecular weight is 502 g/mol. The van der Waals surface area contributed by atoms with Crippen LogP contribution in [0.5, 0.6) is 0 Å². The Morgan fingerprint density at radius 2 is 2.00 bits per heavy atom. The lowest BCUT2D eigenvalue weighted by atomic mass is 9.85. The molecule has 1 heterocycles. The molecule has 7 heteroatoms. The van der Waals surface area contributed by atoms with E-state index in [4.69, 9.17) is 4.74 Å². The van der Waals surface area contributed by atoms with Crippen LogP contribution in [-0.4, -0.2) is 43.6 Å². The van der Waals surface area contributed by atoms with Gasteiger partial charge in [-0.3, -0.25) is 4.99 Å². The monoisotopic (exact) mass is 502 g/mol. The molecule has 0 bridgehead atoms. The summed E-state index contributed by atoms with van der Waals surface area (Å²) in [5.41, 5.74) is 2.35. The van der Waals surface area contributed by atoms with Crippen LogP contribution in [0.4, 0.5) is 0 Å². The third kappa shape index (κ3) is 6.73. The van der Waals surface area contributed by atoms with Gasteiger partial charge in [0.1, 0.15) is 11.1 Å². The third-order valence-corrected chi connectivity index (χ3v) is 5.54. The number of aliphatic imine (C=N–C) groups is 1. The molecular weight excluding hydrogens is 471 g/mol. The summed E-state index contributed by atoms with van der Waals surface area (Å²) in [6.07, 6.45) is 0.0307. The van der Waals surface area contributed by atoms with E-state index in [1.54, 1.807) is 18.4 Å². The largest absolute Gasteiger partial charge is 0.375 e. The summed E-state index contributed by atoms with van der Waals surface area (Å²) in [5, 5.41) is 6.59. The molecule has 0 amide bonds. The predicted octanol–water partition coefficient (Wildman–Crippen LogP) is 4.45. The number of nitrogens with one attached hydrogen (secondary N) is 1. The fraction of sp³-hybridized carbons (Fsp3) is 0.500. The maximum atomic E-state index is 5.34. The van der Waals surface area contributed by atoms with Crippen LogP contribution in [-0.2, 0) is 16.7 Å². The number of rotatable bonds is 7. The van der Waals surface area contributed by atoms with Crippen molar-refractivity contribution in [1.29, 1.82) is 0 Å². The molecule has 1 N–H and O–H groups in total.